The zero-order valence-corrected chi connectivity index (χ0v) is 30.8. The van der Waals surface area contributed by atoms with Gasteiger partial charge in [-0.25, -0.2) is 9.59 Å². The molecule has 13 unspecified atom stereocenters. The third kappa shape index (κ3) is 5.58. The summed E-state index contributed by atoms with van der Waals surface area (Å²) in [6, 6.07) is 16.1. The summed E-state index contributed by atoms with van der Waals surface area (Å²) in [4.78, 5) is 67.2. The van der Waals surface area contributed by atoms with Crippen LogP contribution < -0.4 is 0 Å². The number of aliphatic hydroxyl groups excluding tert-OH is 1. The molecule has 13 heteroatoms. The van der Waals surface area contributed by atoms with Crippen LogP contribution in [0.25, 0.3) is 0 Å². The van der Waals surface area contributed by atoms with Crippen molar-refractivity contribution in [2.24, 2.45) is 23.7 Å². The topological polar surface area (TPSA) is 181 Å². The Hall–Kier alpha value is -4.59. The molecule has 2 heterocycles. The van der Waals surface area contributed by atoms with Crippen LogP contribution in [-0.2, 0) is 42.8 Å². The van der Waals surface area contributed by atoms with Crippen molar-refractivity contribution in [1.82, 2.24) is 0 Å². The Labute approximate surface area is 307 Å². The molecule has 4 fully saturated rings. The van der Waals surface area contributed by atoms with Crippen molar-refractivity contribution in [2.45, 2.75) is 108 Å². The smallest absolute Gasteiger partial charge is 0.339 e. The maximum atomic E-state index is 14.1. The van der Waals surface area contributed by atoms with Crippen LogP contribution in [0.3, 0.4) is 0 Å². The highest BCUT2D eigenvalue weighted by atomic mass is 16.7. The Kier molecular flexibility index (Phi) is 9.62. The molecule has 2 N–H and O–H groups in total. The van der Waals surface area contributed by atoms with Crippen molar-refractivity contribution < 1.29 is 62.6 Å². The molecule has 284 valence electrons. The predicted molar refractivity (Wildman–Crippen MR) is 185 cm³/mol. The molecule has 0 amide bonds. The van der Waals surface area contributed by atoms with Gasteiger partial charge in [0.25, 0.3) is 0 Å². The van der Waals surface area contributed by atoms with E-state index < -0.39 is 106 Å². The van der Waals surface area contributed by atoms with E-state index >= 15 is 0 Å². The first kappa shape index (κ1) is 38.1. The zero-order valence-electron chi connectivity index (χ0n) is 30.8. The molecule has 2 aromatic rings. The number of rotatable bonds is 8. The predicted octanol–water partition coefficient (Wildman–Crippen LogP) is 3.73. The van der Waals surface area contributed by atoms with E-state index in [1.165, 1.54) is 26.0 Å². The van der Waals surface area contributed by atoms with Crippen LogP contribution in [0.1, 0.15) is 75.6 Å². The number of aliphatic hydroxyl groups is 2. The largest absolute Gasteiger partial charge is 0.459 e. The van der Waals surface area contributed by atoms with Gasteiger partial charge in [0, 0.05) is 32.6 Å². The summed E-state index contributed by atoms with van der Waals surface area (Å²) in [7, 11) is 0. The Morgan fingerprint density at radius 1 is 0.755 bits per heavy atom. The molecule has 2 saturated heterocycles. The number of benzene rings is 2. The lowest BCUT2D eigenvalue weighted by molar-refractivity contribution is -0.388. The Bertz CT molecular complexity index is 1810. The molecule has 2 bridgehead atoms. The quantitative estimate of drug-likeness (QED) is 0.228. The lowest BCUT2D eigenvalue weighted by atomic mass is 9.52. The normalized spacial score (nSPS) is 39.5. The number of carbonyl (C=O) groups is 5. The van der Waals surface area contributed by atoms with E-state index in [2.05, 4.69) is 6.58 Å². The molecule has 2 aliphatic heterocycles. The van der Waals surface area contributed by atoms with Gasteiger partial charge in [0.05, 0.1) is 28.7 Å². The second-order valence-electron chi connectivity index (χ2n) is 15.1. The first-order valence-electron chi connectivity index (χ1n) is 17.7. The SMILES string of the molecule is C=C(C)C1(OC(=O)c2ccccc2)C(OC(C)=O)C(C)C2(O)C(C(OC(C)=O)C3(C)OC4(C(O)C(C)CC24)C3OC(=O)c2ccccc2)C1OC(C)=O. The highest BCUT2D eigenvalue weighted by molar-refractivity contribution is 5.90. The molecule has 4 aliphatic rings. The summed E-state index contributed by atoms with van der Waals surface area (Å²) in [5.74, 6) is -8.56. The van der Waals surface area contributed by atoms with Crippen LogP contribution in [-0.4, -0.2) is 93.0 Å². The minimum atomic E-state index is -2.20. The lowest BCUT2D eigenvalue weighted by Gasteiger charge is -2.62. The van der Waals surface area contributed by atoms with Crippen LogP contribution in [0.2, 0.25) is 0 Å². The van der Waals surface area contributed by atoms with Crippen LogP contribution in [0.15, 0.2) is 72.8 Å². The number of ether oxygens (including phenoxy) is 6. The van der Waals surface area contributed by atoms with E-state index in [9.17, 15) is 34.2 Å². The van der Waals surface area contributed by atoms with E-state index in [1.807, 2.05) is 0 Å². The Balaban J connectivity index is 1.65. The summed E-state index contributed by atoms with van der Waals surface area (Å²) in [6.07, 6.45) is -7.47. The fourth-order valence-corrected chi connectivity index (χ4v) is 9.85. The Morgan fingerprint density at radius 3 is 1.75 bits per heavy atom. The molecule has 53 heavy (non-hydrogen) atoms. The molecule has 0 aromatic heterocycles. The van der Waals surface area contributed by atoms with Gasteiger partial charge in [0.1, 0.15) is 17.3 Å². The molecule has 0 radical (unpaired) electrons. The monoisotopic (exact) mass is 734 g/mol. The van der Waals surface area contributed by atoms with Gasteiger partial charge in [-0.3, -0.25) is 14.4 Å². The van der Waals surface area contributed by atoms with Gasteiger partial charge in [-0.2, -0.15) is 0 Å². The van der Waals surface area contributed by atoms with Gasteiger partial charge in [0.15, 0.2) is 18.3 Å². The highest BCUT2D eigenvalue weighted by Crippen LogP contribution is 2.70. The maximum absolute atomic E-state index is 14.1. The first-order chi connectivity index (χ1) is 24.9. The molecule has 6 rings (SSSR count). The minimum Gasteiger partial charge on any atom is -0.459 e. The highest BCUT2D eigenvalue weighted by Gasteiger charge is 2.88. The number of hydrogen-bond donors (Lipinski definition) is 2. The molecule has 2 aromatic carbocycles. The van der Waals surface area contributed by atoms with Gasteiger partial charge in [-0.15, -0.1) is 0 Å². The molecular formula is C40H46O13. The molecule has 1 spiro atoms. The summed E-state index contributed by atoms with van der Waals surface area (Å²) in [5.41, 5.74) is -7.57. The third-order valence-corrected chi connectivity index (χ3v) is 11.9. The first-order valence-corrected chi connectivity index (χ1v) is 17.7. The molecular weight excluding hydrogens is 688 g/mol. The van der Waals surface area contributed by atoms with Crippen molar-refractivity contribution in [2.75, 3.05) is 0 Å². The standard InChI is InChI=1S/C40H46O13/c1-20(2)39(52-35(46)27-17-13-10-14-18-27)31(48-23(5)41)22(4)38(47)28-19-21(3)30(44)40(28)36(51-34(45)26-15-11-9-12-16-26)37(8,53-40)32(49-24(6)42)29(38)33(39)50-25(7)43/h9-18,21-22,28-33,36,44,47H,1,19H2,2-8H3. The summed E-state index contributed by atoms with van der Waals surface area (Å²) in [5, 5.41) is 25.7. The molecule has 2 aliphatic carbocycles. The van der Waals surface area contributed by atoms with Crippen LogP contribution in [0.5, 0.6) is 0 Å². The van der Waals surface area contributed by atoms with E-state index in [4.69, 9.17) is 28.4 Å². The van der Waals surface area contributed by atoms with Crippen molar-refractivity contribution in [3.05, 3.63) is 83.9 Å². The maximum Gasteiger partial charge on any atom is 0.339 e. The Morgan fingerprint density at radius 2 is 1.25 bits per heavy atom. The van der Waals surface area contributed by atoms with Crippen molar-refractivity contribution >= 4 is 29.8 Å². The molecule has 13 atom stereocenters. The number of fused-ring (bicyclic) bond motifs is 3. The third-order valence-electron chi connectivity index (χ3n) is 11.9. The number of carbonyl (C=O) groups excluding carboxylic acids is 5. The van der Waals surface area contributed by atoms with Crippen LogP contribution >= 0.6 is 0 Å². The van der Waals surface area contributed by atoms with Crippen LogP contribution in [0, 0.1) is 23.7 Å². The fraction of sp³-hybridized carbons (Fsp3) is 0.525. The van der Waals surface area contributed by atoms with Gasteiger partial charge in [-0.1, -0.05) is 56.8 Å². The average molecular weight is 735 g/mol. The second kappa shape index (κ2) is 13.4. The summed E-state index contributed by atoms with van der Waals surface area (Å²) >= 11 is 0. The number of hydrogen-bond acceptors (Lipinski definition) is 13. The average Bonchev–Trinajstić information content (AvgIpc) is 3.31. The van der Waals surface area contributed by atoms with Gasteiger partial charge < -0.3 is 38.6 Å². The van der Waals surface area contributed by atoms with E-state index in [1.54, 1.807) is 62.4 Å². The number of esters is 5. The van der Waals surface area contributed by atoms with Gasteiger partial charge in [-0.05, 0) is 56.0 Å². The van der Waals surface area contributed by atoms with E-state index in [-0.39, 0.29) is 23.1 Å². The van der Waals surface area contributed by atoms with E-state index in [0.29, 0.717) is 0 Å². The molecule has 2 saturated carbocycles. The minimum absolute atomic E-state index is 0.0824. The van der Waals surface area contributed by atoms with Crippen molar-refractivity contribution in [1.29, 1.82) is 0 Å². The van der Waals surface area contributed by atoms with Crippen LogP contribution in [0.4, 0.5) is 0 Å². The van der Waals surface area contributed by atoms with Gasteiger partial charge in [0.2, 0.25) is 5.60 Å². The fourth-order valence-electron chi connectivity index (χ4n) is 9.85. The lowest BCUT2D eigenvalue weighted by Crippen LogP contribution is -2.80. The summed E-state index contributed by atoms with van der Waals surface area (Å²) in [6.45, 7) is 13.9. The van der Waals surface area contributed by atoms with Crippen molar-refractivity contribution in [3.63, 3.8) is 0 Å². The summed E-state index contributed by atoms with van der Waals surface area (Å²) < 4.78 is 37.6. The zero-order chi connectivity index (χ0) is 38.8. The van der Waals surface area contributed by atoms with Crippen molar-refractivity contribution in [3.8, 4) is 0 Å². The van der Waals surface area contributed by atoms with Gasteiger partial charge >= 0.3 is 29.8 Å². The van der Waals surface area contributed by atoms with E-state index in [0.717, 1.165) is 20.8 Å². The molecule has 13 nitrogen and oxygen atoms in total. The second-order valence-corrected chi connectivity index (χ2v) is 15.1.